The minimum Gasteiger partial charge on any atom is -0.397 e. The van der Waals surface area contributed by atoms with Crippen molar-refractivity contribution in [2.24, 2.45) is 0 Å². The number of nitrogens with two attached hydrogens (primary N) is 1. The maximum atomic E-state index is 11.8. The van der Waals surface area contributed by atoms with Gasteiger partial charge in [0.1, 0.15) is 0 Å². The van der Waals surface area contributed by atoms with Crippen LogP contribution in [0.2, 0.25) is 0 Å². The molecule has 2 rings (SSSR count). The van der Waals surface area contributed by atoms with Gasteiger partial charge in [-0.05, 0) is 29.8 Å². The minimum atomic E-state index is -0.105. The Hall–Kier alpha value is -2.52. The summed E-state index contributed by atoms with van der Waals surface area (Å²) in [6, 6.07) is 12.8. The van der Waals surface area contributed by atoms with Gasteiger partial charge in [-0.25, -0.2) is 4.98 Å². The second-order valence-electron chi connectivity index (χ2n) is 4.30. The van der Waals surface area contributed by atoms with E-state index in [9.17, 15) is 4.79 Å². The van der Waals surface area contributed by atoms with Gasteiger partial charge < -0.3 is 11.1 Å². The molecule has 0 aliphatic rings. The number of thioether (sulfide) groups is 1. The van der Waals surface area contributed by atoms with Crippen LogP contribution >= 0.6 is 11.8 Å². The molecule has 1 heterocycles. The summed E-state index contributed by atoms with van der Waals surface area (Å²) in [5.41, 5.74) is 7.79. The highest BCUT2D eigenvalue weighted by Gasteiger charge is 2.04. The van der Waals surface area contributed by atoms with Gasteiger partial charge in [0.05, 0.1) is 35.2 Å². The highest BCUT2D eigenvalue weighted by molar-refractivity contribution is 7.99. The molecule has 0 unspecified atom stereocenters. The average molecular weight is 298 g/mol. The number of nitrogen functional groups attached to an aromatic ring is 1. The van der Waals surface area contributed by atoms with E-state index in [1.54, 1.807) is 30.5 Å². The number of carbonyl (C=O) groups is 1. The van der Waals surface area contributed by atoms with E-state index in [1.807, 2.05) is 12.1 Å². The number of carbonyl (C=O) groups excluding carboxylic acids is 1. The molecule has 5 nitrogen and oxygen atoms in total. The molecule has 0 fully saturated rings. The quantitative estimate of drug-likeness (QED) is 0.827. The van der Waals surface area contributed by atoms with E-state index in [2.05, 4.69) is 16.4 Å². The largest absolute Gasteiger partial charge is 0.397 e. The summed E-state index contributed by atoms with van der Waals surface area (Å²) in [7, 11) is 0. The van der Waals surface area contributed by atoms with Crippen molar-refractivity contribution >= 4 is 29.0 Å². The first-order valence-corrected chi connectivity index (χ1v) is 7.26. The molecule has 0 radical (unpaired) electrons. The van der Waals surface area contributed by atoms with Gasteiger partial charge in [-0.15, -0.1) is 0 Å². The third-order valence-electron chi connectivity index (χ3n) is 2.63. The predicted molar refractivity (Wildman–Crippen MR) is 83.8 cm³/mol. The Morgan fingerprint density at radius 2 is 2.05 bits per heavy atom. The molecule has 0 aliphatic carbocycles. The maximum absolute atomic E-state index is 11.8. The van der Waals surface area contributed by atoms with Crippen molar-refractivity contribution in [3.8, 4) is 6.07 Å². The molecule has 21 heavy (non-hydrogen) atoms. The molecule has 0 bridgehead atoms. The molecule has 0 saturated carbocycles. The number of nitrogens with one attached hydrogen (secondary N) is 1. The van der Waals surface area contributed by atoms with Crippen LogP contribution in [0, 0.1) is 11.3 Å². The number of pyridine rings is 1. The van der Waals surface area contributed by atoms with Crippen molar-refractivity contribution in [3.05, 3.63) is 48.2 Å². The maximum Gasteiger partial charge on any atom is 0.234 e. The molecule has 2 aromatic rings. The standard InChI is InChI=1S/C15H14N4OS/c16-8-7-11-1-4-13(5-2-11)19-14(20)10-21-15-6-3-12(17)9-18-15/h1-6,9H,7,10,17H2,(H,19,20). The average Bonchev–Trinajstić information content (AvgIpc) is 2.49. The molecule has 106 valence electrons. The molecule has 0 atom stereocenters. The molecule has 0 saturated heterocycles. The molecule has 0 aliphatic heterocycles. The first-order valence-electron chi connectivity index (χ1n) is 6.27. The van der Waals surface area contributed by atoms with Crippen molar-refractivity contribution in [3.63, 3.8) is 0 Å². The summed E-state index contributed by atoms with van der Waals surface area (Å²) in [6.45, 7) is 0. The second kappa shape index (κ2) is 7.31. The van der Waals surface area contributed by atoms with Crippen molar-refractivity contribution in [1.29, 1.82) is 5.26 Å². The highest BCUT2D eigenvalue weighted by Crippen LogP contribution is 2.17. The summed E-state index contributed by atoms with van der Waals surface area (Å²) in [4.78, 5) is 15.9. The number of hydrogen-bond donors (Lipinski definition) is 2. The van der Waals surface area contributed by atoms with Crippen LogP contribution in [0.4, 0.5) is 11.4 Å². The zero-order valence-electron chi connectivity index (χ0n) is 11.2. The van der Waals surface area contributed by atoms with Crippen LogP contribution in [0.5, 0.6) is 0 Å². The predicted octanol–water partition coefficient (Wildman–Crippen LogP) is 2.46. The van der Waals surface area contributed by atoms with Gasteiger partial charge in [-0.3, -0.25) is 4.79 Å². The van der Waals surface area contributed by atoms with E-state index in [0.717, 1.165) is 10.6 Å². The Kier molecular flexibility index (Phi) is 5.18. The number of hydrogen-bond acceptors (Lipinski definition) is 5. The van der Waals surface area contributed by atoms with Gasteiger partial charge >= 0.3 is 0 Å². The lowest BCUT2D eigenvalue weighted by atomic mass is 10.1. The Labute approximate surface area is 127 Å². The Balaban J connectivity index is 1.84. The molecule has 1 aromatic heterocycles. The van der Waals surface area contributed by atoms with Crippen molar-refractivity contribution in [2.45, 2.75) is 11.4 Å². The lowest BCUT2D eigenvalue weighted by Gasteiger charge is -2.05. The number of rotatable bonds is 5. The third-order valence-corrected chi connectivity index (χ3v) is 3.58. The summed E-state index contributed by atoms with van der Waals surface area (Å²) >= 11 is 1.35. The molecular formula is C15H14N4OS. The third kappa shape index (κ3) is 4.82. The zero-order chi connectivity index (χ0) is 15.1. The van der Waals surface area contributed by atoms with Gasteiger partial charge in [0, 0.05) is 5.69 Å². The van der Waals surface area contributed by atoms with Crippen molar-refractivity contribution in [1.82, 2.24) is 4.98 Å². The monoisotopic (exact) mass is 298 g/mol. The number of aromatic nitrogens is 1. The molecule has 6 heteroatoms. The normalized spacial score (nSPS) is 9.86. The van der Waals surface area contributed by atoms with Crippen molar-refractivity contribution in [2.75, 3.05) is 16.8 Å². The number of anilines is 2. The Morgan fingerprint density at radius 3 is 2.67 bits per heavy atom. The lowest BCUT2D eigenvalue weighted by molar-refractivity contribution is -0.113. The van der Waals surface area contributed by atoms with Gasteiger partial charge in [-0.1, -0.05) is 23.9 Å². The SMILES string of the molecule is N#CCc1ccc(NC(=O)CSc2ccc(N)cn2)cc1. The van der Waals surface area contributed by atoms with Gasteiger partial charge in [-0.2, -0.15) is 5.26 Å². The molecule has 3 N–H and O–H groups in total. The lowest BCUT2D eigenvalue weighted by Crippen LogP contribution is -2.14. The fraction of sp³-hybridized carbons (Fsp3) is 0.133. The van der Waals surface area contributed by atoms with Crippen LogP contribution in [-0.4, -0.2) is 16.6 Å². The van der Waals surface area contributed by atoms with E-state index < -0.39 is 0 Å². The van der Waals surface area contributed by atoms with Crippen LogP contribution in [0.25, 0.3) is 0 Å². The summed E-state index contributed by atoms with van der Waals surface area (Å²) in [5.74, 6) is 0.170. The van der Waals surface area contributed by atoms with Crippen LogP contribution in [0.15, 0.2) is 47.6 Å². The number of nitrogens with zero attached hydrogens (tertiary/aromatic N) is 2. The van der Waals surface area contributed by atoms with Gasteiger partial charge in [0.15, 0.2) is 0 Å². The molecule has 1 aromatic carbocycles. The number of amides is 1. The topological polar surface area (TPSA) is 91.8 Å². The number of nitriles is 1. The molecular weight excluding hydrogens is 284 g/mol. The summed E-state index contributed by atoms with van der Waals surface area (Å²) < 4.78 is 0. The van der Waals surface area contributed by atoms with E-state index >= 15 is 0 Å². The first-order chi connectivity index (χ1) is 10.2. The van der Waals surface area contributed by atoms with Crippen LogP contribution < -0.4 is 11.1 Å². The smallest absolute Gasteiger partial charge is 0.234 e. The van der Waals surface area contributed by atoms with Crippen LogP contribution in [0.1, 0.15) is 5.56 Å². The summed E-state index contributed by atoms with van der Waals surface area (Å²) in [6.07, 6.45) is 1.93. The second-order valence-corrected chi connectivity index (χ2v) is 5.29. The number of benzene rings is 1. The fourth-order valence-corrected chi connectivity index (χ4v) is 2.25. The van der Waals surface area contributed by atoms with E-state index in [4.69, 9.17) is 11.0 Å². The Bertz CT molecular complexity index is 647. The fourth-order valence-electron chi connectivity index (χ4n) is 1.61. The van der Waals surface area contributed by atoms with Crippen molar-refractivity contribution < 1.29 is 4.79 Å². The van der Waals surface area contributed by atoms with Gasteiger partial charge in [0.25, 0.3) is 0 Å². The zero-order valence-corrected chi connectivity index (χ0v) is 12.1. The Morgan fingerprint density at radius 1 is 1.29 bits per heavy atom. The molecule has 0 spiro atoms. The van der Waals surface area contributed by atoms with Gasteiger partial charge in [0.2, 0.25) is 5.91 Å². The van der Waals surface area contributed by atoms with Crippen LogP contribution in [0.3, 0.4) is 0 Å². The summed E-state index contributed by atoms with van der Waals surface area (Å²) in [5, 5.41) is 12.1. The van der Waals surface area contributed by atoms with E-state index in [1.165, 1.54) is 11.8 Å². The van der Waals surface area contributed by atoms with Crippen LogP contribution in [-0.2, 0) is 11.2 Å². The molecule has 1 amide bonds. The van der Waals surface area contributed by atoms with E-state index in [0.29, 0.717) is 17.8 Å². The van der Waals surface area contributed by atoms with E-state index in [-0.39, 0.29) is 11.7 Å². The highest BCUT2D eigenvalue weighted by atomic mass is 32.2. The first kappa shape index (κ1) is 14.9. The minimum absolute atomic E-state index is 0.105.